The van der Waals surface area contributed by atoms with Gasteiger partial charge in [0.1, 0.15) is 0 Å². The third-order valence-corrected chi connectivity index (χ3v) is 5.81. The number of carbonyl (C=O) groups excluding carboxylic acids is 1. The summed E-state index contributed by atoms with van der Waals surface area (Å²) in [6, 6.07) is 21.0. The van der Waals surface area contributed by atoms with Crippen LogP contribution in [-0.4, -0.2) is 64.0 Å². The fourth-order valence-electron chi connectivity index (χ4n) is 3.96. The molecule has 2 aromatic rings. The van der Waals surface area contributed by atoms with Gasteiger partial charge in [-0.15, -0.1) is 0 Å². The zero-order chi connectivity index (χ0) is 24.1. The lowest BCUT2D eigenvalue weighted by Crippen LogP contribution is -2.42. The minimum Gasteiger partial charge on any atom is -0.473 e. The van der Waals surface area contributed by atoms with Gasteiger partial charge in [-0.1, -0.05) is 60.7 Å². The largest absolute Gasteiger partial charge is 0.473 e. The lowest BCUT2D eigenvalue weighted by Gasteiger charge is -2.34. The van der Waals surface area contributed by atoms with E-state index in [1.165, 1.54) is 17.5 Å². The first kappa shape index (κ1) is 26.1. The summed E-state index contributed by atoms with van der Waals surface area (Å²) < 4.78 is 0. The molecule has 7 heteroatoms. The van der Waals surface area contributed by atoms with Crippen LogP contribution >= 0.6 is 0 Å². The first-order valence-electron chi connectivity index (χ1n) is 11.5. The quantitative estimate of drug-likeness (QED) is 0.592. The second-order valence-electron chi connectivity index (χ2n) is 8.15. The van der Waals surface area contributed by atoms with Crippen LogP contribution in [0.2, 0.25) is 0 Å². The molecule has 33 heavy (non-hydrogen) atoms. The summed E-state index contributed by atoms with van der Waals surface area (Å²) in [5, 5.41) is 14.8. The van der Waals surface area contributed by atoms with Crippen LogP contribution in [0.5, 0.6) is 0 Å². The van der Waals surface area contributed by atoms with Crippen LogP contribution in [-0.2, 0) is 27.3 Å². The Labute approximate surface area is 195 Å². The number of nitrogens with zero attached hydrogens (tertiary/aromatic N) is 2. The van der Waals surface area contributed by atoms with Crippen molar-refractivity contribution >= 4 is 17.8 Å². The van der Waals surface area contributed by atoms with Gasteiger partial charge in [0, 0.05) is 19.0 Å². The minimum atomic E-state index is -1.82. The molecule has 1 saturated heterocycles. The molecule has 0 atom stereocenters. The van der Waals surface area contributed by atoms with Crippen molar-refractivity contribution in [3.63, 3.8) is 0 Å². The molecule has 0 aromatic heterocycles. The summed E-state index contributed by atoms with van der Waals surface area (Å²) in [5.41, 5.74) is 2.63. The Hall–Kier alpha value is -3.19. The van der Waals surface area contributed by atoms with Crippen molar-refractivity contribution in [2.45, 2.75) is 39.2 Å². The van der Waals surface area contributed by atoms with Crippen molar-refractivity contribution in [3.05, 3.63) is 71.8 Å². The van der Waals surface area contributed by atoms with E-state index in [0.717, 1.165) is 52.0 Å². The normalized spacial score (nSPS) is 14.1. The zero-order valence-electron chi connectivity index (χ0n) is 19.2. The maximum Gasteiger partial charge on any atom is 0.414 e. The number of amides is 1. The maximum atomic E-state index is 12.9. The van der Waals surface area contributed by atoms with Crippen LogP contribution in [0.4, 0.5) is 0 Å². The fourth-order valence-corrected chi connectivity index (χ4v) is 3.96. The molecular weight excluding hydrogens is 420 g/mol. The molecule has 178 valence electrons. The van der Waals surface area contributed by atoms with Gasteiger partial charge >= 0.3 is 11.9 Å². The van der Waals surface area contributed by atoms with Gasteiger partial charge in [0.15, 0.2) is 0 Å². The number of likely N-dealkylation sites (tertiary alicyclic amines) is 1. The van der Waals surface area contributed by atoms with Crippen molar-refractivity contribution in [2.75, 3.05) is 26.2 Å². The molecule has 1 aliphatic rings. The van der Waals surface area contributed by atoms with Crippen molar-refractivity contribution in [1.82, 2.24) is 9.80 Å². The number of aliphatic carboxylic acids is 2. The van der Waals surface area contributed by atoms with Gasteiger partial charge in [-0.25, -0.2) is 9.59 Å². The summed E-state index contributed by atoms with van der Waals surface area (Å²) in [6.07, 6.45) is 4.32. The number of rotatable bonds is 8. The topological polar surface area (TPSA) is 98.2 Å². The molecule has 2 N–H and O–H groups in total. The maximum absolute atomic E-state index is 12.9. The van der Waals surface area contributed by atoms with Gasteiger partial charge in [0.05, 0.1) is 0 Å². The fraction of sp³-hybridized carbons (Fsp3) is 0.423. The Kier molecular flexibility index (Phi) is 11.1. The Morgan fingerprint density at radius 3 is 1.88 bits per heavy atom. The van der Waals surface area contributed by atoms with Crippen LogP contribution in [0, 0.1) is 5.92 Å². The molecule has 1 aliphatic heterocycles. The number of piperidine rings is 1. The highest BCUT2D eigenvalue weighted by molar-refractivity contribution is 6.27. The van der Waals surface area contributed by atoms with Crippen LogP contribution in [0.25, 0.3) is 0 Å². The molecule has 0 aliphatic carbocycles. The summed E-state index contributed by atoms with van der Waals surface area (Å²) in [7, 11) is 0. The van der Waals surface area contributed by atoms with Gasteiger partial charge < -0.3 is 20.0 Å². The number of carboxylic acid groups (broad SMARTS) is 2. The van der Waals surface area contributed by atoms with E-state index >= 15 is 0 Å². The highest BCUT2D eigenvalue weighted by Gasteiger charge is 2.27. The van der Waals surface area contributed by atoms with Crippen LogP contribution in [0.3, 0.4) is 0 Å². The van der Waals surface area contributed by atoms with E-state index in [9.17, 15) is 4.79 Å². The van der Waals surface area contributed by atoms with Crippen molar-refractivity contribution in [1.29, 1.82) is 0 Å². The average molecular weight is 455 g/mol. The summed E-state index contributed by atoms with van der Waals surface area (Å²) in [5.74, 6) is -3.12. The lowest BCUT2D eigenvalue weighted by molar-refractivity contribution is -0.159. The van der Waals surface area contributed by atoms with Gasteiger partial charge in [-0.2, -0.15) is 0 Å². The molecule has 1 fully saturated rings. The lowest BCUT2D eigenvalue weighted by atomic mass is 9.94. The Balaban J connectivity index is 0.000000569. The third kappa shape index (κ3) is 9.45. The molecule has 2 aromatic carbocycles. The van der Waals surface area contributed by atoms with Crippen molar-refractivity contribution < 1.29 is 24.6 Å². The van der Waals surface area contributed by atoms with E-state index in [0.29, 0.717) is 5.91 Å². The number of hydrogen-bond donors (Lipinski definition) is 2. The van der Waals surface area contributed by atoms with Gasteiger partial charge in [-0.05, 0) is 63.4 Å². The Morgan fingerprint density at radius 1 is 0.879 bits per heavy atom. The van der Waals surface area contributed by atoms with Crippen LogP contribution in [0.1, 0.15) is 37.3 Å². The molecule has 1 heterocycles. The third-order valence-electron chi connectivity index (χ3n) is 5.81. The number of carbonyl (C=O) groups is 3. The van der Waals surface area contributed by atoms with E-state index in [2.05, 4.69) is 54.3 Å². The monoisotopic (exact) mass is 454 g/mol. The number of hydrogen-bond acceptors (Lipinski definition) is 4. The Bertz CT molecular complexity index is 853. The van der Waals surface area contributed by atoms with Gasteiger partial charge in [0.2, 0.25) is 5.91 Å². The standard InChI is InChI=1S/C24H32N2O.C2H2O4/c1-2-26(20-22-12-7-4-8-13-22)24(27)23-15-18-25(19-16-23)17-9-14-21-10-5-3-6-11-21;3-1(4)2(5)6/h3-8,10-13,23H,2,9,14-20H2,1H3;(H,3,4)(H,5,6). The average Bonchev–Trinajstić information content (AvgIpc) is 2.84. The number of aryl methyl sites for hydroxylation is 1. The molecule has 0 spiro atoms. The van der Waals surface area contributed by atoms with Crippen molar-refractivity contribution in [3.8, 4) is 0 Å². The summed E-state index contributed by atoms with van der Waals surface area (Å²) in [6.45, 7) is 6.83. The highest BCUT2D eigenvalue weighted by Crippen LogP contribution is 2.21. The molecule has 0 saturated carbocycles. The predicted molar refractivity (Wildman–Crippen MR) is 127 cm³/mol. The Morgan fingerprint density at radius 2 is 1.39 bits per heavy atom. The number of benzene rings is 2. The predicted octanol–water partition coefficient (Wildman–Crippen LogP) is 3.54. The van der Waals surface area contributed by atoms with E-state index < -0.39 is 11.9 Å². The second-order valence-corrected chi connectivity index (χ2v) is 8.15. The van der Waals surface area contributed by atoms with E-state index in [1.807, 2.05) is 23.1 Å². The SMILES string of the molecule is CCN(Cc1ccccc1)C(=O)C1CCN(CCCc2ccccc2)CC1.O=C(O)C(=O)O. The smallest absolute Gasteiger partial charge is 0.414 e. The molecule has 3 rings (SSSR count). The first-order chi connectivity index (χ1) is 15.9. The summed E-state index contributed by atoms with van der Waals surface area (Å²) >= 11 is 0. The van der Waals surface area contributed by atoms with Crippen LogP contribution < -0.4 is 0 Å². The van der Waals surface area contributed by atoms with E-state index in [-0.39, 0.29) is 5.92 Å². The van der Waals surface area contributed by atoms with Gasteiger partial charge in [-0.3, -0.25) is 4.79 Å². The molecular formula is C26H34N2O5. The van der Waals surface area contributed by atoms with Crippen molar-refractivity contribution in [2.24, 2.45) is 5.92 Å². The molecule has 0 bridgehead atoms. The molecule has 7 nitrogen and oxygen atoms in total. The first-order valence-corrected chi connectivity index (χ1v) is 11.5. The summed E-state index contributed by atoms with van der Waals surface area (Å²) in [4.78, 5) is 35.7. The molecule has 0 unspecified atom stereocenters. The number of carboxylic acids is 2. The second kappa shape index (κ2) is 14.1. The van der Waals surface area contributed by atoms with E-state index in [1.54, 1.807) is 0 Å². The van der Waals surface area contributed by atoms with E-state index in [4.69, 9.17) is 19.8 Å². The molecule has 0 radical (unpaired) electrons. The van der Waals surface area contributed by atoms with Crippen LogP contribution in [0.15, 0.2) is 60.7 Å². The zero-order valence-corrected chi connectivity index (χ0v) is 19.2. The highest BCUT2D eigenvalue weighted by atomic mass is 16.4. The minimum absolute atomic E-state index is 0.194. The molecule has 1 amide bonds. The van der Waals surface area contributed by atoms with Gasteiger partial charge in [0.25, 0.3) is 0 Å².